The van der Waals surface area contributed by atoms with Gasteiger partial charge in [-0.1, -0.05) is 33.8 Å². The van der Waals surface area contributed by atoms with Gasteiger partial charge in [0.15, 0.2) is 0 Å². The van der Waals surface area contributed by atoms with Gasteiger partial charge < -0.3 is 25.2 Å². The first-order valence-electron chi connectivity index (χ1n) is 12.5. The van der Waals surface area contributed by atoms with Crippen molar-refractivity contribution in [2.75, 3.05) is 6.61 Å². The number of thiazole rings is 1. The number of ether oxygens (including phenoxy) is 1. The summed E-state index contributed by atoms with van der Waals surface area (Å²) in [5.41, 5.74) is 0.925. The van der Waals surface area contributed by atoms with E-state index in [4.69, 9.17) is 4.74 Å². The summed E-state index contributed by atoms with van der Waals surface area (Å²) >= 11 is 1.33. The summed E-state index contributed by atoms with van der Waals surface area (Å²) in [5, 5.41) is 43.1. The van der Waals surface area contributed by atoms with Crippen molar-refractivity contribution in [3.8, 4) is 0 Å². The summed E-state index contributed by atoms with van der Waals surface area (Å²) in [6, 6.07) is 0. The maximum absolute atomic E-state index is 13.2. The second-order valence-electron chi connectivity index (χ2n) is 10.4. The van der Waals surface area contributed by atoms with Crippen molar-refractivity contribution < 1.29 is 34.8 Å². The highest BCUT2D eigenvalue weighted by atomic mass is 32.1. The molecule has 0 bridgehead atoms. The average Bonchev–Trinajstić information content (AvgIpc) is 3.30. The van der Waals surface area contributed by atoms with Crippen molar-refractivity contribution in [2.45, 2.75) is 91.6 Å². The molecule has 0 aromatic carbocycles. The number of aromatic nitrogens is 1. The number of carbonyl (C=O) groups is 2. The maximum Gasteiger partial charge on any atom is 0.309 e. The lowest BCUT2D eigenvalue weighted by molar-refractivity contribution is -0.154. The summed E-state index contributed by atoms with van der Waals surface area (Å²) < 4.78 is 5.75. The SMILES string of the molecule is C/C(=C\c1csc(CO)n1)[C@@H]1C/C=C(/CO)CCCC(C)[C@H](O)C(C)C(=O)C(C)(C)C(O)CC(=O)O1. The zero-order chi connectivity index (χ0) is 27.0. The van der Waals surface area contributed by atoms with Crippen LogP contribution in [-0.2, 0) is 20.9 Å². The predicted molar refractivity (Wildman–Crippen MR) is 139 cm³/mol. The first-order chi connectivity index (χ1) is 16.9. The van der Waals surface area contributed by atoms with E-state index in [0.29, 0.717) is 30.0 Å². The van der Waals surface area contributed by atoms with Gasteiger partial charge in [-0.25, -0.2) is 4.98 Å². The fraction of sp³-hybridized carbons (Fsp3) is 0.667. The molecule has 36 heavy (non-hydrogen) atoms. The van der Waals surface area contributed by atoms with Crippen molar-refractivity contribution in [3.05, 3.63) is 33.3 Å². The molecule has 202 valence electrons. The van der Waals surface area contributed by atoms with Crippen molar-refractivity contribution >= 4 is 29.2 Å². The van der Waals surface area contributed by atoms with E-state index >= 15 is 0 Å². The third-order valence-corrected chi connectivity index (χ3v) is 8.03. The van der Waals surface area contributed by atoms with Crippen molar-refractivity contribution in [1.29, 1.82) is 0 Å². The molecule has 1 aliphatic rings. The Morgan fingerprint density at radius 2 is 1.92 bits per heavy atom. The molecule has 5 atom stereocenters. The average molecular weight is 524 g/mol. The molecule has 1 aliphatic heterocycles. The minimum absolute atomic E-state index is 0.131. The van der Waals surface area contributed by atoms with Crippen molar-refractivity contribution in [2.24, 2.45) is 17.3 Å². The lowest BCUT2D eigenvalue weighted by atomic mass is 9.73. The summed E-state index contributed by atoms with van der Waals surface area (Å²) in [6.07, 6.45) is 2.81. The number of carbonyl (C=O) groups excluding carboxylic acids is 2. The van der Waals surface area contributed by atoms with Crippen molar-refractivity contribution in [3.63, 3.8) is 0 Å². The Morgan fingerprint density at radius 3 is 2.53 bits per heavy atom. The minimum atomic E-state index is -1.28. The molecular formula is C27H41NO7S. The van der Waals surface area contributed by atoms with Crippen molar-refractivity contribution in [1.82, 2.24) is 4.98 Å². The molecule has 0 spiro atoms. The van der Waals surface area contributed by atoms with E-state index in [-0.39, 0.29) is 31.3 Å². The highest BCUT2D eigenvalue weighted by Gasteiger charge is 2.42. The number of cyclic esters (lactones) is 1. The van der Waals surface area contributed by atoms with Crippen LogP contribution in [-0.4, -0.2) is 62.1 Å². The third-order valence-electron chi connectivity index (χ3n) is 7.18. The van der Waals surface area contributed by atoms with Gasteiger partial charge in [0.25, 0.3) is 0 Å². The zero-order valence-electron chi connectivity index (χ0n) is 21.9. The summed E-state index contributed by atoms with van der Waals surface area (Å²) in [4.78, 5) is 30.4. The molecule has 3 unspecified atom stereocenters. The Balaban J connectivity index is 2.37. The van der Waals surface area contributed by atoms with Crippen LogP contribution in [0.2, 0.25) is 0 Å². The van der Waals surface area contributed by atoms with Gasteiger partial charge in [-0.2, -0.15) is 0 Å². The van der Waals surface area contributed by atoms with Crippen LogP contribution in [0, 0.1) is 17.3 Å². The Morgan fingerprint density at radius 1 is 1.22 bits per heavy atom. The number of Topliss-reactive ketones (excluding diaryl/α,β-unsaturated/α-hetero) is 1. The first kappa shape index (κ1) is 30.3. The van der Waals surface area contributed by atoms with E-state index in [2.05, 4.69) is 4.98 Å². The smallest absolute Gasteiger partial charge is 0.309 e. The highest BCUT2D eigenvalue weighted by Crippen LogP contribution is 2.32. The fourth-order valence-electron chi connectivity index (χ4n) is 4.48. The van der Waals surface area contributed by atoms with Crippen LogP contribution in [0.4, 0.5) is 0 Å². The molecule has 8 nitrogen and oxygen atoms in total. The van der Waals surface area contributed by atoms with Crippen LogP contribution in [0.5, 0.6) is 0 Å². The first-order valence-corrected chi connectivity index (χ1v) is 13.4. The number of rotatable bonds is 4. The molecule has 0 saturated heterocycles. The topological polar surface area (TPSA) is 137 Å². The normalized spacial score (nSPS) is 31.0. The molecule has 2 heterocycles. The van der Waals surface area contributed by atoms with Crippen LogP contribution in [0.15, 0.2) is 22.6 Å². The monoisotopic (exact) mass is 523 g/mol. The number of esters is 1. The van der Waals surface area contributed by atoms with Crippen LogP contribution in [0.3, 0.4) is 0 Å². The van der Waals surface area contributed by atoms with E-state index in [9.17, 15) is 30.0 Å². The summed E-state index contributed by atoms with van der Waals surface area (Å²) in [7, 11) is 0. The zero-order valence-corrected chi connectivity index (χ0v) is 22.8. The summed E-state index contributed by atoms with van der Waals surface area (Å²) in [5.74, 6) is -1.81. The van der Waals surface area contributed by atoms with Gasteiger partial charge >= 0.3 is 5.97 Å². The molecule has 0 amide bonds. The molecule has 1 aromatic heterocycles. The van der Waals surface area contributed by atoms with Gasteiger partial charge in [-0.15, -0.1) is 11.3 Å². The third kappa shape index (κ3) is 8.05. The van der Waals surface area contributed by atoms with Crippen LogP contribution in [0.25, 0.3) is 6.08 Å². The number of hydrogen-bond acceptors (Lipinski definition) is 9. The Labute approximate surface area is 217 Å². The largest absolute Gasteiger partial charge is 0.457 e. The number of nitrogens with zero attached hydrogens (tertiary/aromatic N) is 1. The van der Waals surface area contributed by atoms with Gasteiger partial charge in [-0.05, 0) is 49.3 Å². The Hall–Kier alpha value is -1.91. The second-order valence-corrected chi connectivity index (χ2v) is 11.3. The molecule has 0 radical (unpaired) electrons. The van der Waals surface area contributed by atoms with E-state index in [1.54, 1.807) is 32.2 Å². The van der Waals surface area contributed by atoms with Crippen LogP contribution >= 0.6 is 11.3 Å². The Kier molecular flexibility index (Phi) is 11.4. The summed E-state index contributed by atoms with van der Waals surface area (Å²) in [6.45, 7) is 8.26. The van der Waals surface area contributed by atoms with E-state index in [0.717, 1.165) is 17.6 Å². The van der Waals surface area contributed by atoms with Gasteiger partial charge in [0.1, 0.15) is 16.9 Å². The molecule has 0 saturated carbocycles. The molecule has 9 heteroatoms. The standard InChI is InChI=1S/C27H41NO7S/c1-16-7-6-8-19(13-29)9-10-21(17(2)11-20-15-36-23(14-30)28-20)35-24(32)12-22(31)27(4,5)26(34)18(3)25(16)33/h9,11,15-16,18,21-22,25,29-31,33H,6-8,10,12-14H2,1-5H3/b17-11+,19-9+/t16?,18?,21-,22?,25-/m0/s1. The lowest BCUT2D eigenvalue weighted by Gasteiger charge is -2.34. The molecule has 4 N–H and O–H groups in total. The number of hydrogen-bond donors (Lipinski definition) is 4. The number of aliphatic hydroxyl groups excluding tert-OH is 4. The van der Waals surface area contributed by atoms with E-state index in [1.807, 2.05) is 19.9 Å². The minimum Gasteiger partial charge on any atom is -0.457 e. The fourth-order valence-corrected chi connectivity index (χ4v) is 5.09. The van der Waals surface area contributed by atoms with E-state index < -0.39 is 35.6 Å². The van der Waals surface area contributed by atoms with Gasteiger partial charge in [0.05, 0.1) is 43.0 Å². The Bertz CT molecular complexity index is 952. The maximum atomic E-state index is 13.2. The molecule has 0 aliphatic carbocycles. The second kappa shape index (κ2) is 13.6. The van der Waals surface area contributed by atoms with Gasteiger partial charge in [0, 0.05) is 17.7 Å². The van der Waals surface area contributed by atoms with Crippen LogP contribution < -0.4 is 0 Å². The molecule has 1 aromatic rings. The quantitative estimate of drug-likeness (QED) is 0.348. The molecule has 0 fully saturated rings. The van der Waals surface area contributed by atoms with Crippen LogP contribution in [0.1, 0.15) is 77.4 Å². The molecular weight excluding hydrogens is 482 g/mol. The predicted octanol–water partition coefficient (Wildman–Crippen LogP) is 3.42. The van der Waals surface area contributed by atoms with Gasteiger partial charge in [-0.3, -0.25) is 9.59 Å². The highest BCUT2D eigenvalue weighted by molar-refractivity contribution is 7.09. The van der Waals surface area contributed by atoms with E-state index in [1.165, 1.54) is 11.3 Å². The lowest BCUT2D eigenvalue weighted by Crippen LogP contribution is -2.45. The molecule has 2 rings (SSSR count). The number of ketones is 1. The van der Waals surface area contributed by atoms with Gasteiger partial charge in [0.2, 0.25) is 0 Å². The number of aliphatic hydroxyl groups is 4.